The SMILES string of the molecule is CCC(=O)Nc1cccc(-c2noc([C@@H]3CCCN(C(=O)c4ccc(C)cc4C)C3)n2)c1. The fourth-order valence-electron chi connectivity index (χ4n) is 4.09. The van der Waals surface area contributed by atoms with Gasteiger partial charge in [0.2, 0.25) is 17.6 Å². The lowest BCUT2D eigenvalue weighted by Gasteiger charge is -2.31. The van der Waals surface area contributed by atoms with E-state index in [1.54, 1.807) is 0 Å². The topological polar surface area (TPSA) is 88.3 Å². The number of anilines is 1. The van der Waals surface area contributed by atoms with Gasteiger partial charge in [-0.1, -0.05) is 41.9 Å². The normalized spacial score (nSPS) is 16.1. The predicted molar refractivity (Wildman–Crippen MR) is 122 cm³/mol. The molecule has 1 N–H and O–H groups in total. The molecule has 4 rings (SSSR count). The maximum absolute atomic E-state index is 13.1. The van der Waals surface area contributed by atoms with Crippen LogP contribution in [0.3, 0.4) is 0 Å². The van der Waals surface area contributed by atoms with Crippen LogP contribution in [0.5, 0.6) is 0 Å². The monoisotopic (exact) mass is 432 g/mol. The quantitative estimate of drug-likeness (QED) is 0.630. The minimum atomic E-state index is -0.0493. The van der Waals surface area contributed by atoms with Gasteiger partial charge in [0.15, 0.2) is 0 Å². The van der Waals surface area contributed by atoms with E-state index in [0.717, 1.165) is 41.6 Å². The fourth-order valence-corrected chi connectivity index (χ4v) is 4.09. The average molecular weight is 433 g/mol. The second kappa shape index (κ2) is 9.34. The number of rotatable bonds is 5. The number of carbonyl (C=O) groups is 2. The summed E-state index contributed by atoms with van der Waals surface area (Å²) < 4.78 is 5.59. The molecule has 2 amide bonds. The first-order chi connectivity index (χ1) is 15.4. The van der Waals surface area contributed by atoms with E-state index < -0.39 is 0 Å². The van der Waals surface area contributed by atoms with Crippen molar-refractivity contribution in [3.05, 3.63) is 65.0 Å². The van der Waals surface area contributed by atoms with Gasteiger partial charge >= 0.3 is 0 Å². The Balaban J connectivity index is 1.49. The van der Waals surface area contributed by atoms with Crippen LogP contribution in [0.25, 0.3) is 11.4 Å². The summed E-state index contributed by atoms with van der Waals surface area (Å²) in [6, 6.07) is 13.3. The van der Waals surface area contributed by atoms with Gasteiger partial charge in [0, 0.05) is 36.3 Å². The van der Waals surface area contributed by atoms with E-state index in [1.807, 2.05) is 68.1 Å². The number of nitrogens with one attached hydrogen (secondary N) is 1. The molecule has 1 aliphatic heterocycles. The Hall–Kier alpha value is -3.48. The van der Waals surface area contributed by atoms with E-state index in [1.165, 1.54) is 0 Å². The van der Waals surface area contributed by atoms with Gasteiger partial charge in [-0.3, -0.25) is 9.59 Å². The van der Waals surface area contributed by atoms with Crippen LogP contribution in [0.2, 0.25) is 0 Å². The van der Waals surface area contributed by atoms with Gasteiger partial charge in [-0.2, -0.15) is 4.98 Å². The van der Waals surface area contributed by atoms with Crippen LogP contribution >= 0.6 is 0 Å². The highest BCUT2D eigenvalue weighted by atomic mass is 16.5. The number of aryl methyl sites for hydroxylation is 2. The molecule has 1 aliphatic rings. The zero-order chi connectivity index (χ0) is 22.7. The van der Waals surface area contributed by atoms with E-state index in [-0.39, 0.29) is 17.7 Å². The summed E-state index contributed by atoms with van der Waals surface area (Å²) in [4.78, 5) is 31.3. The first kappa shape index (κ1) is 21.7. The van der Waals surface area contributed by atoms with Crippen LogP contribution < -0.4 is 5.32 Å². The zero-order valence-corrected chi connectivity index (χ0v) is 18.7. The van der Waals surface area contributed by atoms with Crippen LogP contribution in [0.4, 0.5) is 5.69 Å². The molecule has 2 heterocycles. The number of amides is 2. The van der Waals surface area contributed by atoms with Gasteiger partial charge in [-0.25, -0.2) is 0 Å². The third kappa shape index (κ3) is 4.72. The minimum absolute atomic E-state index is 0.00248. The van der Waals surface area contributed by atoms with Crippen molar-refractivity contribution in [1.29, 1.82) is 0 Å². The largest absolute Gasteiger partial charge is 0.339 e. The first-order valence-electron chi connectivity index (χ1n) is 11.0. The van der Waals surface area contributed by atoms with Crippen LogP contribution in [-0.2, 0) is 4.79 Å². The number of piperidine rings is 1. The standard InChI is InChI=1S/C25H28N4O3/c1-4-22(30)26-20-9-5-7-18(14-20)23-27-24(32-28-23)19-8-6-12-29(15-19)25(31)21-11-10-16(2)13-17(21)3/h5,7,9-11,13-14,19H,4,6,8,12,15H2,1-3H3,(H,26,30)/t19-/m1/s1. The molecule has 166 valence electrons. The summed E-state index contributed by atoms with van der Waals surface area (Å²) in [5, 5.41) is 7.00. The molecule has 7 heteroatoms. The van der Waals surface area contributed by atoms with Gasteiger partial charge in [-0.15, -0.1) is 0 Å². The summed E-state index contributed by atoms with van der Waals surface area (Å²) in [6.07, 6.45) is 2.19. The molecule has 1 aromatic heterocycles. The van der Waals surface area contributed by atoms with E-state index in [4.69, 9.17) is 4.52 Å². The Morgan fingerprint density at radius 3 is 2.81 bits per heavy atom. The van der Waals surface area contributed by atoms with Crippen molar-refractivity contribution in [1.82, 2.24) is 15.0 Å². The molecule has 1 saturated heterocycles. The molecule has 1 fully saturated rings. The highest BCUT2D eigenvalue weighted by Crippen LogP contribution is 2.29. The molecule has 0 radical (unpaired) electrons. The van der Waals surface area contributed by atoms with Crippen molar-refractivity contribution >= 4 is 17.5 Å². The van der Waals surface area contributed by atoms with Crippen LogP contribution in [0.1, 0.15) is 59.5 Å². The summed E-state index contributed by atoms with van der Waals surface area (Å²) in [5.74, 6) is 1.02. The number of benzene rings is 2. The third-order valence-electron chi connectivity index (χ3n) is 5.84. The Morgan fingerprint density at radius 1 is 1.19 bits per heavy atom. The second-order valence-electron chi connectivity index (χ2n) is 8.35. The lowest BCUT2D eigenvalue weighted by molar-refractivity contribution is -0.115. The van der Waals surface area contributed by atoms with E-state index >= 15 is 0 Å². The van der Waals surface area contributed by atoms with Gasteiger partial charge in [0.1, 0.15) is 0 Å². The predicted octanol–water partition coefficient (Wildman–Crippen LogP) is 4.72. The van der Waals surface area contributed by atoms with Crippen molar-refractivity contribution in [3.8, 4) is 11.4 Å². The minimum Gasteiger partial charge on any atom is -0.339 e. The average Bonchev–Trinajstić information content (AvgIpc) is 3.29. The number of nitrogens with zero attached hydrogens (tertiary/aromatic N) is 3. The lowest BCUT2D eigenvalue weighted by Crippen LogP contribution is -2.39. The Bertz CT molecular complexity index is 1140. The smallest absolute Gasteiger partial charge is 0.254 e. The Kier molecular flexibility index (Phi) is 6.35. The zero-order valence-electron chi connectivity index (χ0n) is 18.7. The molecule has 0 spiro atoms. The number of likely N-dealkylation sites (tertiary alicyclic amines) is 1. The van der Waals surface area contributed by atoms with Crippen molar-refractivity contribution in [2.24, 2.45) is 0 Å². The van der Waals surface area contributed by atoms with Crippen LogP contribution in [0, 0.1) is 13.8 Å². The van der Waals surface area contributed by atoms with Gasteiger partial charge in [0.25, 0.3) is 5.91 Å². The third-order valence-corrected chi connectivity index (χ3v) is 5.84. The molecule has 2 aromatic carbocycles. The highest BCUT2D eigenvalue weighted by Gasteiger charge is 2.29. The van der Waals surface area contributed by atoms with Gasteiger partial charge in [0.05, 0.1) is 5.92 Å². The second-order valence-corrected chi connectivity index (χ2v) is 8.35. The van der Waals surface area contributed by atoms with Gasteiger partial charge in [-0.05, 0) is 50.5 Å². The molecule has 32 heavy (non-hydrogen) atoms. The Labute approximate surface area is 187 Å². The number of aromatic nitrogens is 2. The summed E-state index contributed by atoms with van der Waals surface area (Å²) in [6.45, 7) is 7.09. The number of hydrogen-bond donors (Lipinski definition) is 1. The van der Waals surface area contributed by atoms with E-state index in [9.17, 15) is 9.59 Å². The molecule has 0 bridgehead atoms. The molecule has 0 unspecified atom stereocenters. The van der Waals surface area contributed by atoms with Crippen molar-refractivity contribution in [2.75, 3.05) is 18.4 Å². The van der Waals surface area contributed by atoms with Crippen molar-refractivity contribution < 1.29 is 14.1 Å². The molecule has 0 saturated carbocycles. The van der Waals surface area contributed by atoms with E-state index in [0.29, 0.717) is 30.4 Å². The fraction of sp³-hybridized carbons (Fsp3) is 0.360. The van der Waals surface area contributed by atoms with Gasteiger partial charge < -0.3 is 14.7 Å². The molecule has 1 atom stereocenters. The highest BCUT2D eigenvalue weighted by molar-refractivity contribution is 5.95. The van der Waals surface area contributed by atoms with Crippen LogP contribution in [-0.4, -0.2) is 39.9 Å². The van der Waals surface area contributed by atoms with E-state index in [2.05, 4.69) is 15.5 Å². The maximum atomic E-state index is 13.1. The number of hydrogen-bond acceptors (Lipinski definition) is 5. The Morgan fingerprint density at radius 2 is 2.03 bits per heavy atom. The molecule has 0 aliphatic carbocycles. The van der Waals surface area contributed by atoms with Crippen LogP contribution in [0.15, 0.2) is 47.0 Å². The molecular formula is C25H28N4O3. The first-order valence-corrected chi connectivity index (χ1v) is 11.0. The van der Waals surface area contributed by atoms with Crippen molar-refractivity contribution in [3.63, 3.8) is 0 Å². The number of carbonyl (C=O) groups excluding carboxylic acids is 2. The summed E-state index contributed by atoms with van der Waals surface area (Å²) >= 11 is 0. The van der Waals surface area contributed by atoms with Crippen molar-refractivity contribution in [2.45, 2.75) is 46.0 Å². The maximum Gasteiger partial charge on any atom is 0.254 e. The summed E-state index contributed by atoms with van der Waals surface area (Å²) in [5.41, 5.74) is 4.35. The lowest BCUT2D eigenvalue weighted by atomic mass is 9.96. The molecule has 3 aromatic rings. The summed E-state index contributed by atoms with van der Waals surface area (Å²) in [7, 11) is 0. The molecule has 7 nitrogen and oxygen atoms in total. The molecular weight excluding hydrogens is 404 g/mol.